The number of aryl methyl sites for hydroxylation is 1. The molecule has 1 aliphatic carbocycles. The zero-order valence-corrected chi connectivity index (χ0v) is 19.6. The van der Waals surface area contributed by atoms with Crippen LogP contribution in [0.3, 0.4) is 0 Å². The largest absolute Gasteiger partial charge is 0.397 e. The minimum absolute atomic E-state index is 0.217. The fraction of sp³-hybridized carbons (Fsp3) is 0.346. The van der Waals surface area contributed by atoms with Crippen LogP contribution >= 0.6 is 11.3 Å². The maximum atomic E-state index is 13.0. The summed E-state index contributed by atoms with van der Waals surface area (Å²) in [5, 5.41) is 4.83. The van der Waals surface area contributed by atoms with Gasteiger partial charge in [-0.05, 0) is 54.4 Å². The summed E-state index contributed by atoms with van der Waals surface area (Å²) in [4.78, 5) is 23.7. The molecule has 32 heavy (non-hydrogen) atoms. The van der Waals surface area contributed by atoms with Crippen molar-refractivity contribution < 1.29 is 4.79 Å². The van der Waals surface area contributed by atoms with Crippen molar-refractivity contribution in [2.24, 2.45) is 11.3 Å². The van der Waals surface area contributed by atoms with Crippen molar-refractivity contribution in [3.8, 4) is 0 Å². The van der Waals surface area contributed by atoms with Crippen LogP contribution in [0.5, 0.6) is 0 Å². The van der Waals surface area contributed by atoms with Crippen molar-refractivity contribution in [1.82, 2.24) is 9.97 Å². The highest BCUT2D eigenvalue weighted by atomic mass is 32.1. The predicted molar refractivity (Wildman–Crippen MR) is 133 cm³/mol. The van der Waals surface area contributed by atoms with E-state index in [0.29, 0.717) is 27.6 Å². The first kappa shape index (κ1) is 20.9. The highest BCUT2D eigenvalue weighted by Gasteiger charge is 2.32. The molecule has 3 heterocycles. The van der Waals surface area contributed by atoms with Gasteiger partial charge in [0.05, 0.1) is 23.1 Å². The van der Waals surface area contributed by atoms with Gasteiger partial charge in [-0.1, -0.05) is 45.4 Å². The number of rotatable bonds is 4. The van der Waals surface area contributed by atoms with E-state index in [9.17, 15) is 4.79 Å². The molecular weight excluding hydrogens is 416 g/mol. The van der Waals surface area contributed by atoms with E-state index in [1.54, 1.807) is 6.20 Å². The molecule has 5 rings (SSSR count). The van der Waals surface area contributed by atoms with E-state index in [1.165, 1.54) is 16.9 Å². The second kappa shape index (κ2) is 7.85. The first-order valence-corrected chi connectivity index (χ1v) is 12.0. The standard InChI is InChI=1S/C26H28N4OS/c1-4-26(2,3)17-9-10-21-16(11-17)13-19-22(27)23(32-25(19)30-21)24(31)29-18-12-15-7-5-6-8-20(15)28-14-18/h5-8,12-14,17H,4,9-11,27H2,1-3H3,(H,29,31). The molecule has 3 N–H and O–H groups in total. The number of carbonyl (C=O) groups excluding carboxylic acids is 1. The Kier molecular flexibility index (Phi) is 5.13. The second-order valence-corrected chi connectivity index (χ2v) is 10.4. The third-order valence-electron chi connectivity index (χ3n) is 7.16. The summed E-state index contributed by atoms with van der Waals surface area (Å²) in [6, 6.07) is 11.9. The molecule has 1 amide bonds. The van der Waals surface area contributed by atoms with Gasteiger partial charge < -0.3 is 11.1 Å². The number of hydrogen-bond acceptors (Lipinski definition) is 5. The molecule has 0 spiro atoms. The van der Waals surface area contributed by atoms with Crippen molar-refractivity contribution in [3.05, 3.63) is 58.7 Å². The zero-order valence-electron chi connectivity index (χ0n) is 18.7. The number of nitrogen functional groups attached to an aromatic ring is 1. The van der Waals surface area contributed by atoms with Crippen LogP contribution in [-0.2, 0) is 12.8 Å². The Morgan fingerprint density at radius 3 is 2.91 bits per heavy atom. The lowest BCUT2D eigenvalue weighted by Crippen LogP contribution is -2.29. The number of hydrogen-bond donors (Lipinski definition) is 2. The summed E-state index contributed by atoms with van der Waals surface area (Å²) in [5.74, 6) is 0.424. The van der Waals surface area contributed by atoms with Crippen LogP contribution < -0.4 is 11.1 Å². The molecule has 0 saturated heterocycles. The highest BCUT2D eigenvalue weighted by molar-refractivity contribution is 7.21. The fourth-order valence-electron chi connectivity index (χ4n) is 4.64. The lowest BCUT2D eigenvalue weighted by atomic mass is 9.69. The first-order valence-electron chi connectivity index (χ1n) is 11.2. The molecule has 0 fully saturated rings. The smallest absolute Gasteiger partial charge is 0.267 e. The summed E-state index contributed by atoms with van der Waals surface area (Å²) >= 11 is 1.37. The number of para-hydroxylation sites is 1. The molecule has 1 atom stereocenters. The van der Waals surface area contributed by atoms with Gasteiger partial charge in [0.2, 0.25) is 0 Å². The number of nitrogens with two attached hydrogens (primary N) is 1. The zero-order chi connectivity index (χ0) is 22.5. The van der Waals surface area contributed by atoms with Crippen LogP contribution in [0.25, 0.3) is 21.1 Å². The van der Waals surface area contributed by atoms with E-state index in [4.69, 9.17) is 10.7 Å². The Balaban J connectivity index is 1.45. The van der Waals surface area contributed by atoms with Crippen LogP contribution in [-0.4, -0.2) is 15.9 Å². The quantitative estimate of drug-likeness (QED) is 0.391. The summed E-state index contributed by atoms with van der Waals surface area (Å²) in [6.45, 7) is 6.99. The average molecular weight is 445 g/mol. The molecule has 3 aromatic heterocycles. The Labute approximate surface area is 192 Å². The maximum Gasteiger partial charge on any atom is 0.267 e. The molecule has 1 aromatic carbocycles. The third kappa shape index (κ3) is 3.62. The third-order valence-corrected chi connectivity index (χ3v) is 8.27. The molecule has 0 saturated carbocycles. The number of thiophene rings is 1. The number of aromatic nitrogens is 2. The van der Waals surface area contributed by atoms with Crippen LogP contribution in [0, 0.1) is 11.3 Å². The molecule has 0 radical (unpaired) electrons. The van der Waals surface area contributed by atoms with E-state index in [-0.39, 0.29) is 5.91 Å². The number of carbonyl (C=O) groups is 1. The number of pyridine rings is 2. The summed E-state index contributed by atoms with van der Waals surface area (Å²) in [5.41, 5.74) is 11.3. The monoisotopic (exact) mass is 444 g/mol. The highest BCUT2D eigenvalue weighted by Crippen LogP contribution is 2.42. The predicted octanol–water partition coefficient (Wildman–Crippen LogP) is 6.22. The Morgan fingerprint density at radius 2 is 2.09 bits per heavy atom. The average Bonchev–Trinajstić information content (AvgIpc) is 3.12. The van der Waals surface area contributed by atoms with Crippen molar-refractivity contribution in [3.63, 3.8) is 0 Å². The number of benzene rings is 1. The molecule has 5 nitrogen and oxygen atoms in total. The van der Waals surface area contributed by atoms with Crippen molar-refractivity contribution in [2.45, 2.75) is 46.5 Å². The second-order valence-electron chi connectivity index (χ2n) is 9.44. The fourth-order valence-corrected chi connectivity index (χ4v) is 5.63. The maximum absolute atomic E-state index is 13.0. The Hall–Kier alpha value is -2.99. The molecule has 0 aliphatic heterocycles. The van der Waals surface area contributed by atoms with Crippen molar-refractivity contribution in [1.29, 1.82) is 0 Å². The van der Waals surface area contributed by atoms with E-state index in [2.05, 4.69) is 37.1 Å². The lowest BCUT2D eigenvalue weighted by molar-refractivity contribution is 0.103. The van der Waals surface area contributed by atoms with Gasteiger partial charge in [-0.2, -0.15) is 0 Å². The Morgan fingerprint density at radius 1 is 1.28 bits per heavy atom. The molecule has 4 aromatic rings. The topological polar surface area (TPSA) is 80.9 Å². The number of fused-ring (bicyclic) bond motifs is 3. The number of amides is 1. The van der Waals surface area contributed by atoms with E-state index in [1.807, 2.05) is 30.3 Å². The van der Waals surface area contributed by atoms with Gasteiger partial charge >= 0.3 is 0 Å². The van der Waals surface area contributed by atoms with Crippen LogP contribution in [0.15, 0.2) is 42.6 Å². The molecule has 0 bridgehead atoms. The van der Waals surface area contributed by atoms with Gasteiger partial charge in [0.1, 0.15) is 9.71 Å². The van der Waals surface area contributed by atoms with Gasteiger partial charge in [0, 0.05) is 16.5 Å². The van der Waals surface area contributed by atoms with E-state index in [0.717, 1.165) is 52.5 Å². The summed E-state index contributed by atoms with van der Waals surface area (Å²) < 4.78 is 0. The summed E-state index contributed by atoms with van der Waals surface area (Å²) in [6.07, 6.45) is 6.02. The number of nitrogens with zero attached hydrogens (tertiary/aromatic N) is 2. The van der Waals surface area contributed by atoms with Gasteiger partial charge in [-0.25, -0.2) is 4.98 Å². The normalized spacial score (nSPS) is 16.3. The van der Waals surface area contributed by atoms with Crippen LogP contribution in [0.4, 0.5) is 11.4 Å². The molecule has 6 heteroatoms. The van der Waals surface area contributed by atoms with Crippen LogP contribution in [0.2, 0.25) is 0 Å². The SMILES string of the molecule is CCC(C)(C)C1CCc2nc3sc(C(=O)Nc4cnc5ccccc5c4)c(N)c3cc2C1. The van der Waals surface area contributed by atoms with Crippen molar-refractivity contribution in [2.75, 3.05) is 11.1 Å². The molecule has 1 unspecified atom stereocenters. The lowest BCUT2D eigenvalue weighted by Gasteiger charge is -2.36. The minimum atomic E-state index is -0.217. The van der Waals surface area contributed by atoms with Gasteiger partial charge in [0.25, 0.3) is 5.91 Å². The first-order chi connectivity index (χ1) is 15.4. The number of nitrogens with one attached hydrogen (secondary N) is 1. The van der Waals surface area contributed by atoms with Crippen LogP contribution in [0.1, 0.15) is 54.5 Å². The molecular formula is C26H28N4OS. The molecule has 164 valence electrons. The van der Waals surface area contributed by atoms with Gasteiger partial charge in [0.15, 0.2) is 0 Å². The van der Waals surface area contributed by atoms with Crippen molar-refractivity contribution >= 4 is 49.7 Å². The van der Waals surface area contributed by atoms with Gasteiger partial charge in [-0.3, -0.25) is 9.78 Å². The molecule has 1 aliphatic rings. The minimum Gasteiger partial charge on any atom is -0.397 e. The number of anilines is 2. The summed E-state index contributed by atoms with van der Waals surface area (Å²) in [7, 11) is 0. The van der Waals surface area contributed by atoms with E-state index >= 15 is 0 Å². The van der Waals surface area contributed by atoms with E-state index < -0.39 is 0 Å². The van der Waals surface area contributed by atoms with Gasteiger partial charge in [-0.15, -0.1) is 11.3 Å². The Bertz CT molecular complexity index is 1340.